The lowest BCUT2D eigenvalue weighted by atomic mass is 10.0. The van der Waals surface area contributed by atoms with Crippen molar-refractivity contribution < 1.29 is 23.5 Å². The van der Waals surface area contributed by atoms with Crippen LogP contribution in [0.5, 0.6) is 0 Å². The molecule has 2 aromatic rings. The highest BCUT2D eigenvalue weighted by atomic mass is 19.2. The third kappa shape index (κ3) is 4.90. The first-order valence-electron chi connectivity index (χ1n) is 8.95. The van der Waals surface area contributed by atoms with Crippen LogP contribution in [0.4, 0.5) is 8.78 Å². The van der Waals surface area contributed by atoms with Crippen molar-refractivity contribution in [2.24, 2.45) is 5.92 Å². The van der Waals surface area contributed by atoms with Gasteiger partial charge >= 0.3 is 5.97 Å². The summed E-state index contributed by atoms with van der Waals surface area (Å²) in [6.45, 7) is 0. The number of rotatable bonds is 8. The number of carboxylic acids is 1. The van der Waals surface area contributed by atoms with Crippen LogP contribution in [0, 0.1) is 17.6 Å². The van der Waals surface area contributed by atoms with Gasteiger partial charge in [0.2, 0.25) is 5.91 Å². The molecule has 2 N–H and O–H groups in total. The van der Waals surface area contributed by atoms with Crippen LogP contribution in [0.15, 0.2) is 48.5 Å². The number of amides is 1. The van der Waals surface area contributed by atoms with E-state index in [1.54, 1.807) is 0 Å². The van der Waals surface area contributed by atoms with E-state index in [1.807, 2.05) is 30.3 Å². The van der Waals surface area contributed by atoms with E-state index in [0.29, 0.717) is 19.3 Å². The Kier molecular flexibility index (Phi) is 5.84. The van der Waals surface area contributed by atoms with Gasteiger partial charge in [-0.25, -0.2) is 8.78 Å². The molecular weight excluding hydrogens is 352 g/mol. The van der Waals surface area contributed by atoms with Gasteiger partial charge in [0.1, 0.15) is 0 Å². The quantitative estimate of drug-likeness (QED) is 0.742. The second-order valence-corrected chi connectivity index (χ2v) is 6.92. The number of halogens is 2. The van der Waals surface area contributed by atoms with Crippen LogP contribution in [0.3, 0.4) is 0 Å². The fourth-order valence-electron chi connectivity index (χ4n) is 3.37. The number of hydrogen-bond donors (Lipinski definition) is 2. The Balaban J connectivity index is 1.64. The topological polar surface area (TPSA) is 66.4 Å². The fraction of sp³-hybridized carbons (Fsp3) is 0.333. The van der Waals surface area contributed by atoms with E-state index in [4.69, 9.17) is 5.11 Å². The van der Waals surface area contributed by atoms with Crippen LogP contribution in [0.1, 0.15) is 36.3 Å². The Morgan fingerprint density at radius 2 is 1.85 bits per heavy atom. The lowest BCUT2D eigenvalue weighted by molar-refractivity contribution is -0.137. The molecule has 1 saturated carbocycles. The van der Waals surface area contributed by atoms with Gasteiger partial charge in [0, 0.05) is 18.4 Å². The van der Waals surface area contributed by atoms with Gasteiger partial charge in [0.25, 0.3) is 0 Å². The summed E-state index contributed by atoms with van der Waals surface area (Å²) in [5.41, 5.74) is 1.22. The number of carbonyl (C=O) groups excluding carboxylic acids is 1. The maximum Gasteiger partial charge on any atom is 0.303 e. The molecule has 0 heterocycles. The number of hydrogen-bond acceptors (Lipinski definition) is 2. The normalized spacial score (nSPS) is 19.3. The molecule has 3 atom stereocenters. The van der Waals surface area contributed by atoms with Gasteiger partial charge in [-0.2, -0.15) is 0 Å². The average Bonchev–Trinajstić information content (AvgIpc) is 3.43. The van der Waals surface area contributed by atoms with Gasteiger partial charge in [-0.3, -0.25) is 9.59 Å². The Bertz CT molecular complexity index is 825. The van der Waals surface area contributed by atoms with E-state index in [2.05, 4.69) is 5.32 Å². The molecule has 3 rings (SSSR count). The highest BCUT2D eigenvalue weighted by Crippen LogP contribution is 2.48. The lowest BCUT2D eigenvalue weighted by Gasteiger charge is -2.18. The van der Waals surface area contributed by atoms with Gasteiger partial charge in [-0.05, 0) is 42.4 Å². The predicted octanol–water partition coefficient (Wildman–Crippen LogP) is 3.66. The molecule has 1 amide bonds. The fourth-order valence-corrected chi connectivity index (χ4v) is 3.37. The molecule has 1 fully saturated rings. The molecule has 0 bridgehead atoms. The first-order chi connectivity index (χ1) is 13.0. The van der Waals surface area contributed by atoms with E-state index in [1.165, 1.54) is 12.1 Å². The SMILES string of the molecule is O=C(O)CCC(Cc1ccccc1)NC(=O)C1CC1c1cccc(F)c1F. The smallest absolute Gasteiger partial charge is 0.303 e. The molecule has 4 nitrogen and oxygen atoms in total. The van der Waals surface area contributed by atoms with E-state index < -0.39 is 23.5 Å². The summed E-state index contributed by atoms with van der Waals surface area (Å²) in [6.07, 6.45) is 1.24. The van der Waals surface area contributed by atoms with Crippen molar-refractivity contribution in [1.29, 1.82) is 0 Å². The van der Waals surface area contributed by atoms with E-state index in [9.17, 15) is 18.4 Å². The second-order valence-electron chi connectivity index (χ2n) is 6.92. The summed E-state index contributed by atoms with van der Waals surface area (Å²) in [7, 11) is 0. The first kappa shape index (κ1) is 19.0. The maximum atomic E-state index is 13.9. The summed E-state index contributed by atoms with van der Waals surface area (Å²) in [5, 5.41) is 11.8. The first-order valence-corrected chi connectivity index (χ1v) is 8.95. The standard InChI is InChI=1S/C21H21F2NO3/c22-18-8-4-7-15(20(18)23)16-12-17(16)21(27)24-14(9-10-19(25)26)11-13-5-2-1-3-6-13/h1-8,14,16-17H,9-12H2,(H,24,27)(H,25,26). The minimum atomic E-state index is -0.923. The van der Waals surface area contributed by atoms with Crippen molar-refractivity contribution in [1.82, 2.24) is 5.32 Å². The van der Waals surface area contributed by atoms with Crippen molar-refractivity contribution in [2.75, 3.05) is 0 Å². The predicted molar refractivity (Wildman–Crippen MR) is 96.2 cm³/mol. The van der Waals surface area contributed by atoms with E-state index in [0.717, 1.165) is 11.6 Å². The highest BCUT2D eigenvalue weighted by Gasteiger charge is 2.45. The molecule has 0 radical (unpaired) electrons. The van der Waals surface area contributed by atoms with Crippen LogP contribution in [0.25, 0.3) is 0 Å². The van der Waals surface area contributed by atoms with Crippen LogP contribution in [0.2, 0.25) is 0 Å². The molecule has 0 spiro atoms. The Morgan fingerprint density at radius 1 is 1.11 bits per heavy atom. The average molecular weight is 373 g/mol. The zero-order valence-electron chi connectivity index (χ0n) is 14.7. The van der Waals surface area contributed by atoms with Crippen molar-refractivity contribution in [3.8, 4) is 0 Å². The van der Waals surface area contributed by atoms with Crippen LogP contribution >= 0.6 is 0 Å². The third-order valence-electron chi connectivity index (χ3n) is 4.89. The molecule has 1 aliphatic carbocycles. The van der Waals surface area contributed by atoms with Crippen molar-refractivity contribution >= 4 is 11.9 Å². The molecule has 0 aromatic heterocycles. The molecule has 3 unspecified atom stereocenters. The summed E-state index contributed by atoms with van der Waals surface area (Å²) < 4.78 is 27.3. The van der Waals surface area contributed by atoms with Gasteiger partial charge in [0.15, 0.2) is 11.6 Å². The van der Waals surface area contributed by atoms with E-state index in [-0.39, 0.29) is 29.9 Å². The van der Waals surface area contributed by atoms with Crippen molar-refractivity contribution in [2.45, 2.75) is 37.6 Å². The molecule has 27 heavy (non-hydrogen) atoms. The summed E-state index contributed by atoms with van der Waals surface area (Å²) in [4.78, 5) is 23.5. The molecule has 0 aliphatic heterocycles. The number of nitrogens with one attached hydrogen (secondary N) is 1. The molecule has 142 valence electrons. The molecule has 1 aliphatic rings. The monoisotopic (exact) mass is 373 g/mol. The Labute approximate surface area is 156 Å². The number of carboxylic acid groups (broad SMARTS) is 1. The number of benzene rings is 2. The molecule has 0 saturated heterocycles. The molecule has 2 aromatic carbocycles. The lowest BCUT2D eigenvalue weighted by Crippen LogP contribution is -2.38. The van der Waals surface area contributed by atoms with Crippen molar-refractivity contribution in [3.05, 3.63) is 71.3 Å². The summed E-state index contributed by atoms with van der Waals surface area (Å²) in [5.74, 6) is -3.73. The van der Waals surface area contributed by atoms with Crippen LogP contribution < -0.4 is 5.32 Å². The number of aliphatic carboxylic acids is 1. The van der Waals surface area contributed by atoms with Gasteiger partial charge in [-0.1, -0.05) is 42.5 Å². The maximum absolute atomic E-state index is 13.9. The minimum Gasteiger partial charge on any atom is -0.481 e. The summed E-state index contributed by atoms with van der Waals surface area (Å²) >= 11 is 0. The van der Waals surface area contributed by atoms with Crippen LogP contribution in [-0.4, -0.2) is 23.0 Å². The molecular formula is C21H21F2NO3. The van der Waals surface area contributed by atoms with Gasteiger partial charge in [0.05, 0.1) is 0 Å². The minimum absolute atomic E-state index is 0.0512. The molecule has 6 heteroatoms. The number of carbonyl (C=O) groups is 2. The van der Waals surface area contributed by atoms with Crippen LogP contribution in [-0.2, 0) is 16.0 Å². The van der Waals surface area contributed by atoms with Gasteiger partial charge < -0.3 is 10.4 Å². The van der Waals surface area contributed by atoms with Gasteiger partial charge in [-0.15, -0.1) is 0 Å². The largest absolute Gasteiger partial charge is 0.481 e. The highest BCUT2D eigenvalue weighted by molar-refractivity contribution is 5.83. The zero-order valence-corrected chi connectivity index (χ0v) is 14.7. The zero-order chi connectivity index (χ0) is 19.4. The van der Waals surface area contributed by atoms with Crippen molar-refractivity contribution in [3.63, 3.8) is 0 Å². The Hall–Kier alpha value is -2.76. The summed E-state index contributed by atoms with van der Waals surface area (Å²) in [6, 6.07) is 13.2. The third-order valence-corrected chi connectivity index (χ3v) is 4.89. The second kappa shape index (κ2) is 8.29. The van der Waals surface area contributed by atoms with E-state index >= 15 is 0 Å². The Morgan fingerprint density at radius 3 is 2.56 bits per heavy atom.